The van der Waals surface area contributed by atoms with Crippen molar-refractivity contribution in [3.8, 4) is 11.3 Å². The molecule has 4 rings (SSSR count). The molecule has 1 aromatic heterocycles. The Bertz CT molecular complexity index is 1120. The second-order valence-electron chi connectivity index (χ2n) is 5.65. The zero-order valence-corrected chi connectivity index (χ0v) is 15.7. The van der Waals surface area contributed by atoms with Crippen molar-refractivity contribution in [2.75, 3.05) is 5.32 Å². The molecule has 0 spiro atoms. The van der Waals surface area contributed by atoms with Gasteiger partial charge in [0.1, 0.15) is 0 Å². The molecule has 1 amide bonds. The van der Waals surface area contributed by atoms with Gasteiger partial charge in [-0.1, -0.05) is 65.7 Å². The molecular weight excluding hydrogens is 387 g/mol. The van der Waals surface area contributed by atoms with Gasteiger partial charge in [-0.2, -0.15) is 0 Å². The standard InChI is InChI=1S/C20H12Cl2N2OS/c21-16-9-8-13(10-17(16)22)18-11-26-20(23-18)24-19(25)15-7-3-5-12-4-1-2-6-14(12)15/h1-11H,(H,23,24,25). The molecule has 0 fully saturated rings. The molecule has 26 heavy (non-hydrogen) atoms. The predicted molar refractivity (Wildman–Crippen MR) is 109 cm³/mol. The van der Waals surface area contributed by atoms with Crippen molar-refractivity contribution in [1.82, 2.24) is 4.98 Å². The van der Waals surface area contributed by atoms with Gasteiger partial charge in [-0.25, -0.2) is 4.98 Å². The van der Waals surface area contributed by atoms with Gasteiger partial charge in [-0.3, -0.25) is 10.1 Å². The van der Waals surface area contributed by atoms with E-state index in [9.17, 15) is 4.79 Å². The SMILES string of the molecule is O=C(Nc1nc(-c2ccc(Cl)c(Cl)c2)cs1)c1cccc2ccccc12. The molecule has 4 aromatic rings. The number of benzene rings is 3. The number of hydrogen-bond acceptors (Lipinski definition) is 3. The molecule has 3 aromatic carbocycles. The number of aromatic nitrogens is 1. The fraction of sp³-hybridized carbons (Fsp3) is 0. The highest BCUT2D eigenvalue weighted by molar-refractivity contribution is 7.14. The van der Waals surface area contributed by atoms with Crippen molar-refractivity contribution in [1.29, 1.82) is 0 Å². The zero-order valence-electron chi connectivity index (χ0n) is 13.4. The summed E-state index contributed by atoms with van der Waals surface area (Å²) in [6.45, 7) is 0. The van der Waals surface area contributed by atoms with Crippen molar-refractivity contribution in [2.24, 2.45) is 0 Å². The number of hydrogen-bond donors (Lipinski definition) is 1. The maximum atomic E-state index is 12.7. The Morgan fingerprint density at radius 2 is 1.77 bits per heavy atom. The van der Waals surface area contributed by atoms with Crippen LogP contribution in [0, 0.1) is 0 Å². The number of thiazole rings is 1. The van der Waals surface area contributed by atoms with Gasteiger partial charge in [-0.15, -0.1) is 11.3 Å². The van der Waals surface area contributed by atoms with E-state index in [0.717, 1.165) is 22.0 Å². The summed E-state index contributed by atoms with van der Waals surface area (Å²) in [5, 5.41) is 8.18. The summed E-state index contributed by atoms with van der Waals surface area (Å²) < 4.78 is 0. The van der Waals surface area contributed by atoms with Crippen LogP contribution in [-0.2, 0) is 0 Å². The van der Waals surface area contributed by atoms with E-state index in [1.54, 1.807) is 12.1 Å². The van der Waals surface area contributed by atoms with Crippen LogP contribution in [0.25, 0.3) is 22.0 Å². The molecule has 0 aliphatic heterocycles. The Labute approximate surface area is 164 Å². The predicted octanol–water partition coefficient (Wildman–Crippen LogP) is 6.52. The Morgan fingerprint density at radius 3 is 2.62 bits per heavy atom. The number of rotatable bonds is 3. The zero-order chi connectivity index (χ0) is 18.1. The number of nitrogens with one attached hydrogen (secondary N) is 1. The molecule has 0 aliphatic rings. The van der Waals surface area contributed by atoms with Crippen molar-refractivity contribution in [2.45, 2.75) is 0 Å². The molecule has 0 saturated carbocycles. The number of fused-ring (bicyclic) bond motifs is 1. The second kappa shape index (κ2) is 7.08. The van der Waals surface area contributed by atoms with E-state index in [4.69, 9.17) is 23.2 Å². The van der Waals surface area contributed by atoms with Gasteiger partial charge in [0.25, 0.3) is 5.91 Å². The third kappa shape index (κ3) is 3.31. The van der Waals surface area contributed by atoms with E-state index in [1.165, 1.54) is 11.3 Å². The Morgan fingerprint density at radius 1 is 0.962 bits per heavy atom. The van der Waals surface area contributed by atoms with E-state index in [1.807, 2.05) is 53.9 Å². The molecule has 1 heterocycles. The first kappa shape index (κ1) is 17.0. The van der Waals surface area contributed by atoms with Crippen LogP contribution in [0.1, 0.15) is 10.4 Å². The number of carbonyl (C=O) groups excluding carboxylic acids is 1. The lowest BCUT2D eigenvalue weighted by molar-refractivity contribution is 0.102. The minimum absolute atomic E-state index is 0.183. The van der Waals surface area contributed by atoms with Crippen LogP contribution in [0.3, 0.4) is 0 Å². The number of halogens is 2. The topological polar surface area (TPSA) is 42.0 Å². The summed E-state index contributed by atoms with van der Waals surface area (Å²) in [6, 6.07) is 18.8. The molecule has 6 heteroatoms. The Kier molecular flexibility index (Phi) is 4.64. The Hall–Kier alpha value is -2.40. The largest absolute Gasteiger partial charge is 0.298 e. The average molecular weight is 399 g/mol. The minimum Gasteiger partial charge on any atom is -0.298 e. The van der Waals surface area contributed by atoms with Gasteiger partial charge in [0, 0.05) is 16.5 Å². The van der Waals surface area contributed by atoms with Gasteiger partial charge in [-0.05, 0) is 29.0 Å². The summed E-state index contributed by atoms with van der Waals surface area (Å²) in [4.78, 5) is 17.2. The molecule has 0 bridgehead atoms. The summed E-state index contributed by atoms with van der Waals surface area (Å²) in [7, 11) is 0. The molecular formula is C20H12Cl2N2OS. The lowest BCUT2D eigenvalue weighted by Gasteiger charge is -2.06. The summed E-state index contributed by atoms with van der Waals surface area (Å²) in [5.74, 6) is -0.183. The molecule has 1 N–H and O–H groups in total. The van der Waals surface area contributed by atoms with Crippen LogP contribution in [-0.4, -0.2) is 10.9 Å². The van der Waals surface area contributed by atoms with E-state index < -0.39 is 0 Å². The van der Waals surface area contributed by atoms with Gasteiger partial charge in [0.15, 0.2) is 5.13 Å². The second-order valence-corrected chi connectivity index (χ2v) is 7.32. The van der Waals surface area contributed by atoms with Gasteiger partial charge in [0.2, 0.25) is 0 Å². The summed E-state index contributed by atoms with van der Waals surface area (Å²) >= 11 is 13.4. The number of carbonyl (C=O) groups is 1. The van der Waals surface area contributed by atoms with Crippen molar-refractivity contribution in [3.63, 3.8) is 0 Å². The van der Waals surface area contributed by atoms with Crippen molar-refractivity contribution >= 4 is 56.3 Å². The van der Waals surface area contributed by atoms with Crippen LogP contribution in [0.5, 0.6) is 0 Å². The average Bonchev–Trinajstić information content (AvgIpc) is 3.12. The van der Waals surface area contributed by atoms with E-state index in [-0.39, 0.29) is 5.91 Å². The van der Waals surface area contributed by atoms with Crippen LogP contribution in [0.4, 0.5) is 5.13 Å². The third-order valence-electron chi connectivity index (χ3n) is 3.97. The van der Waals surface area contributed by atoms with Crippen LogP contribution in [0.2, 0.25) is 10.0 Å². The molecule has 0 unspecified atom stereocenters. The maximum absolute atomic E-state index is 12.7. The maximum Gasteiger partial charge on any atom is 0.258 e. The summed E-state index contributed by atoms with van der Waals surface area (Å²) in [5.41, 5.74) is 2.21. The first-order valence-electron chi connectivity index (χ1n) is 7.82. The molecule has 0 radical (unpaired) electrons. The quantitative estimate of drug-likeness (QED) is 0.426. The van der Waals surface area contributed by atoms with E-state index in [2.05, 4.69) is 10.3 Å². The normalized spacial score (nSPS) is 10.8. The third-order valence-corrected chi connectivity index (χ3v) is 5.47. The highest BCUT2D eigenvalue weighted by Gasteiger charge is 2.13. The molecule has 3 nitrogen and oxygen atoms in total. The summed E-state index contributed by atoms with van der Waals surface area (Å²) in [6.07, 6.45) is 0. The smallest absolute Gasteiger partial charge is 0.258 e. The highest BCUT2D eigenvalue weighted by Crippen LogP contribution is 2.30. The lowest BCUT2D eigenvalue weighted by Crippen LogP contribution is -2.12. The number of anilines is 1. The minimum atomic E-state index is -0.183. The van der Waals surface area contributed by atoms with Crippen LogP contribution in [0.15, 0.2) is 66.0 Å². The molecule has 0 saturated heterocycles. The van der Waals surface area contributed by atoms with Crippen LogP contribution >= 0.6 is 34.5 Å². The van der Waals surface area contributed by atoms with E-state index in [0.29, 0.717) is 20.7 Å². The van der Waals surface area contributed by atoms with Gasteiger partial charge >= 0.3 is 0 Å². The van der Waals surface area contributed by atoms with Gasteiger partial charge < -0.3 is 0 Å². The monoisotopic (exact) mass is 398 g/mol. The van der Waals surface area contributed by atoms with Crippen LogP contribution < -0.4 is 5.32 Å². The van der Waals surface area contributed by atoms with Crippen molar-refractivity contribution < 1.29 is 4.79 Å². The fourth-order valence-corrected chi connectivity index (χ4v) is 3.72. The highest BCUT2D eigenvalue weighted by atomic mass is 35.5. The molecule has 0 atom stereocenters. The first-order chi connectivity index (χ1) is 12.6. The lowest BCUT2D eigenvalue weighted by atomic mass is 10.0. The molecule has 128 valence electrons. The Balaban J connectivity index is 1.60. The van der Waals surface area contributed by atoms with E-state index >= 15 is 0 Å². The number of nitrogens with zero attached hydrogens (tertiary/aromatic N) is 1. The number of amides is 1. The van der Waals surface area contributed by atoms with Crippen molar-refractivity contribution in [3.05, 3.63) is 81.7 Å². The first-order valence-corrected chi connectivity index (χ1v) is 9.45. The molecule has 0 aliphatic carbocycles. The fourth-order valence-electron chi connectivity index (χ4n) is 2.71. The van der Waals surface area contributed by atoms with Gasteiger partial charge in [0.05, 0.1) is 15.7 Å².